The quantitative estimate of drug-likeness (QED) is 0.479. The highest BCUT2D eigenvalue weighted by Gasteiger charge is 2.27. The van der Waals surface area contributed by atoms with E-state index in [0.29, 0.717) is 11.7 Å². The second-order valence-corrected chi connectivity index (χ2v) is 7.46. The van der Waals surface area contributed by atoms with Crippen molar-refractivity contribution in [1.82, 2.24) is 9.97 Å². The summed E-state index contributed by atoms with van der Waals surface area (Å²) in [6.07, 6.45) is 3.27. The molecule has 1 unspecified atom stereocenters. The summed E-state index contributed by atoms with van der Waals surface area (Å²) in [4.78, 5) is 34.9. The molecule has 1 atom stereocenters. The number of esters is 1. The Morgan fingerprint density at radius 1 is 1.37 bits per heavy atom. The predicted octanol–water partition coefficient (Wildman–Crippen LogP) is 2.70. The third kappa shape index (κ3) is 4.21. The molecule has 0 saturated carbocycles. The minimum atomic E-state index is -0.555. The first-order valence-corrected chi connectivity index (χ1v) is 9.74. The fraction of sp³-hybridized carbons (Fsp3) is 0.368. The van der Waals surface area contributed by atoms with Crippen LogP contribution in [0, 0.1) is 0 Å². The van der Waals surface area contributed by atoms with Gasteiger partial charge in [0.25, 0.3) is 0 Å². The van der Waals surface area contributed by atoms with Crippen LogP contribution in [0.4, 0.5) is 11.5 Å². The molecule has 0 bridgehead atoms. The van der Waals surface area contributed by atoms with Crippen molar-refractivity contribution in [1.29, 1.82) is 0 Å². The summed E-state index contributed by atoms with van der Waals surface area (Å²) in [6.45, 7) is 4.48. The number of aryl methyl sites for hydroxylation is 1. The van der Waals surface area contributed by atoms with Crippen LogP contribution < -0.4 is 10.6 Å². The number of carbonyl (C=O) groups is 2. The fourth-order valence-electron chi connectivity index (χ4n) is 2.99. The highest BCUT2D eigenvalue weighted by Crippen LogP contribution is 2.30. The molecule has 8 heteroatoms. The first kappa shape index (κ1) is 19.2. The highest BCUT2D eigenvalue weighted by molar-refractivity contribution is 8.00. The molecule has 0 saturated heterocycles. The number of para-hydroxylation sites is 1. The van der Waals surface area contributed by atoms with Crippen LogP contribution in [0.1, 0.15) is 36.2 Å². The van der Waals surface area contributed by atoms with E-state index in [1.165, 1.54) is 23.5 Å². The molecule has 0 aliphatic carbocycles. The second-order valence-electron chi connectivity index (χ2n) is 6.15. The summed E-state index contributed by atoms with van der Waals surface area (Å²) >= 11 is 1.22. The number of hydrogen-bond donors (Lipinski definition) is 1. The molecule has 27 heavy (non-hydrogen) atoms. The first-order valence-electron chi connectivity index (χ1n) is 8.86. The zero-order valence-electron chi connectivity index (χ0n) is 15.3. The lowest BCUT2D eigenvalue weighted by atomic mass is 10.0. The molecule has 1 amide bonds. The minimum Gasteiger partial charge on any atom is -0.462 e. The van der Waals surface area contributed by atoms with Crippen LogP contribution in [-0.4, -0.2) is 40.2 Å². The number of fused-ring (bicyclic) bond motifs is 1. The van der Waals surface area contributed by atoms with E-state index in [9.17, 15) is 9.59 Å². The summed E-state index contributed by atoms with van der Waals surface area (Å²) in [7, 11) is 0. The number of aromatic nitrogens is 2. The maximum absolute atomic E-state index is 13.0. The zero-order chi connectivity index (χ0) is 19.4. The lowest BCUT2D eigenvalue weighted by molar-refractivity contribution is -0.117. The number of thioether (sulfide) groups is 1. The van der Waals surface area contributed by atoms with Gasteiger partial charge < -0.3 is 15.4 Å². The van der Waals surface area contributed by atoms with Crippen LogP contribution in [0.15, 0.2) is 35.6 Å². The Morgan fingerprint density at radius 2 is 2.15 bits per heavy atom. The second kappa shape index (κ2) is 8.39. The average molecular weight is 386 g/mol. The van der Waals surface area contributed by atoms with Crippen molar-refractivity contribution in [3.63, 3.8) is 0 Å². The molecule has 3 rings (SSSR count). The molecule has 0 spiro atoms. The van der Waals surface area contributed by atoms with E-state index in [4.69, 9.17) is 10.5 Å². The summed E-state index contributed by atoms with van der Waals surface area (Å²) in [5.41, 5.74) is 8.14. The molecule has 1 aliphatic rings. The maximum atomic E-state index is 13.0. The van der Waals surface area contributed by atoms with Gasteiger partial charge in [-0.15, -0.1) is 0 Å². The monoisotopic (exact) mass is 386 g/mol. The first-order chi connectivity index (χ1) is 13.0. The van der Waals surface area contributed by atoms with Crippen LogP contribution in [0.25, 0.3) is 0 Å². The van der Waals surface area contributed by atoms with Gasteiger partial charge in [0.2, 0.25) is 5.91 Å². The van der Waals surface area contributed by atoms with Gasteiger partial charge in [0, 0.05) is 18.4 Å². The van der Waals surface area contributed by atoms with Crippen molar-refractivity contribution in [2.24, 2.45) is 0 Å². The Bertz CT molecular complexity index is 859. The number of rotatable bonds is 5. The lowest BCUT2D eigenvalue weighted by Crippen LogP contribution is -2.40. The Hall–Kier alpha value is -2.61. The highest BCUT2D eigenvalue weighted by atomic mass is 32.2. The molecule has 1 aromatic heterocycles. The van der Waals surface area contributed by atoms with Gasteiger partial charge in [-0.25, -0.2) is 14.8 Å². The van der Waals surface area contributed by atoms with Crippen molar-refractivity contribution in [2.75, 3.05) is 23.8 Å². The Labute approximate surface area is 162 Å². The maximum Gasteiger partial charge on any atom is 0.343 e. The predicted molar refractivity (Wildman–Crippen MR) is 105 cm³/mol. The van der Waals surface area contributed by atoms with Gasteiger partial charge in [-0.05, 0) is 38.3 Å². The molecular weight excluding hydrogens is 364 g/mol. The van der Waals surface area contributed by atoms with E-state index < -0.39 is 5.97 Å². The smallest absolute Gasteiger partial charge is 0.343 e. The molecule has 1 aromatic carbocycles. The van der Waals surface area contributed by atoms with Gasteiger partial charge in [0.1, 0.15) is 11.4 Å². The van der Waals surface area contributed by atoms with Gasteiger partial charge in [0.15, 0.2) is 5.16 Å². The summed E-state index contributed by atoms with van der Waals surface area (Å²) in [5.74, 6) is -0.502. The number of nitrogen functional groups attached to an aromatic ring is 1. The third-order valence-corrected chi connectivity index (χ3v) is 5.26. The van der Waals surface area contributed by atoms with E-state index in [1.807, 2.05) is 30.0 Å². The molecule has 7 nitrogen and oxygen atoms in total. The number of benzene rings is 1. The summed E-state index contributed by atoms with van der Waals surface area (Å²) in [5, 5.41) is -0.0318. The van der Waals surface area contributed by atoms with Crippen LogP contribution >= 0.6 is 11.8 Å². The number of amides is 1. The molecule has 142 valence electrons. The fourth-order valence-corrected chi connectivity index (χ4v) is 3.80. The van der Waals surface area contributed by atoms with Crippen LogP contribution in [0.3, 0.4) is 0 Å². The van der Waals surface area contributed by atoms with Crippen molar-refractivity contribution < 1.29 is 14.3 Å². The molecule has 2 heterocycles. The van der Waals surface area contributed by atoms with Crippen LogP contribution in [0.5, 0.6) is 0 Å². The van der Waals surface area contributed by atoms with Crippen molar-refractivity contribution >= 4 is 35.1 Å². The number of nitrogens with zero attached hydrogens (tertiary/aromatic N) is 3. The molecule has 0 fully saturated rings. The Kier molecular flexibility index (Phi) is 5.95. The van der Waals surface area contributed by atoms with Crippen LogP contribution in [-0.2, 0) is 16.0 Å². The summed E-state index contributed by atoms with van der Waals surface area (Å²) < 4.78 is 4.91. The third-order valence-electron chi connectivity index (χ3n) is 4.30. The average Bonchev–Trinajstić information content (AvgIpc) is 2.67. The van der Waals surface area contributed by atoms with Gasteiger partial charge >= 0.3 is 5.97 Å². The Morgan fingerprint density at radius 3 is 2.89 bits per heavy atom. The number of carbonyl (C=O) groups excluding carboxylic acids is 2. The van der Waals surface area contributed by atoms with E-state index in [2.05, 4.69) is 16.0 Å². The lowest BCUT2D eigenvalue weighted by Gasteiger charge is -2.31. The normalized spacial score (nSPS) is 14.4. The molecule has 0 radical (unpaired) electrons. The molecule has 2 N–H and O–H groups in total. The minimum absolute atomic E-state index is 0.00351. The van der Waals surface area contributed by atoms with Gasteiger partial charge in [0.05, 0.1) is 11.9 Å². The van der Waals surface area contributed by atoms with Crippen LogP contribution in [0.2, 0.25) is 0 Å². The van der Waals surface area contributed by atoms with Gasteiger partial charge in [-0.2, -0.15) is 0 Å². The van der Waals surface area contributed by atoms with Crippen molar-refractivity contribution in [2.45, 2.75) is 37.1 Å². The Balaban J connectivity index is 1.72. The number of nitrogens with two attached hydrogens (primary N) is 1. The largest absolute Gasteiger partial charge is 0.462 e. The summed E-state index contributed by atoms with van der Waals surface area (Å²) in [6, 6.07) is 7.98. The number of anilines is 2. The van der Waals surface area contributed by atoms with Gasteiger partial charge in [-0.1, -0.05) is 30.0 Å². The molecule has 2 aromatic rings. The van der Waals surface area contributed by atoms with E-state index >= 15 is 0 Å². The number of hydrogen-bond acceptors (Lipinski definition) is 7. The molecular formula is C19H22N4O3S. The van der Waals surface area contributed by atoms with E-state index in [1.54, 1.807) is 6.92 Å². The van der Waals surface area contributed by atoms with Crippen molar-refractivity contribution in [3.05, 3.63) is 41.6 Å². The van der Waals surface area contributed by atoms with Gasteiger partial charge in [-0.3, -0.25) is 4.79 Å². The van der Waals surface area contributed by atoms with Crippen molar-refractivity contribution in [3.8, 4) is 0 Å². The SMILES string of the molecule is CCOC(=O)c1cnc(SC(C)C(=O)N2CCCc3ccccc32)nc1N. The topological polar surface area (TPSA) is 98.4 Å². The zero-order valence-corrected chi connectivity index (χ0v) is 16.2. The standard InChI is InChI=1S/C19H22N4O3S/c1-3-26-18(25)14-11-21-19(22-16(14)20)27-12(2)17(24)23-10-6-8-13-7-4-5-9-15(13)23/h4-5,7,9,11-12H,3,6,8,10H2,1-2H3,(H2,20,21,22). The number of ether oxygens (including phenoxy) is 1. The van der Waals surface area contributed by atoms with E-state index in [0.717, 1.165) is 18.5 Å². The molecule has 1 aliphatic heterocycles. The van der Waals surface area contributed by atoms with E-state index in [-0.39, 0.29) is 29.1 Å².